The Kier molecular flexibility index (Phi) is 4.24. The van der Waals surface area contributed by atoms with Crippen LogP contribution in [-0.4, -0.2) is 13.2 Å². The van der Waals surface area contributed by atoms with Crippen LogP contribution < -0.4 is 10.1 Å². The SMILES string of the molecule is COc1ccc(C(C)NC2CC=CC2)cc1Br. The van der Waals surface area contributed by atoms with Crippen molar-refractivity contribution < 1.29 is 4.74 Å². The third-order valence-electron chi connectivity index (χ3n) is 3.17. The van der Waals surface area contributed by atoms with E-state index < -0.39 is 0 Å². The summed E-state index contributed by atoms with van der Waals surface area (Å²) in [6, 6.07) is 7.19. The molecule has 0 saturated carbocycles. The van der Waals surface area contributed by atoms with E-state index in [0.29, 0.717) is 12.1 Å². The topological polar surface area (TPSA) is 21.3 Å². The van der Waals surface area contributed by atoms with Crippen molar-refractivity contribution in [2.24, 2.45) is 0 Å². The highest BCUT2D eigenvalue weighted by Gasteiger charge is 2.14. The smallest absolute Gasteiger partial charge is 0.133 e. The molecule has 0 spiro atoms. The summed E-state index contributed by atoms with van der Waals surface area (Å²) in [5.41, 5.74) is 1.28. The molecule has 1 aromatic carbocycles. The van der Waals surface area contributed by atoms with Crippen LogP contribution in [0.25, 0.3) is 0 Å². The number of ether oxygens (including phenoxy) is 1. The number of rotatable bonds is 4. The predicted octanol–water partition coefficient (Wildman–Crippen LogP) is 3.83. The summed E-state index contributed by atoms with van der Waals surface area (Å²) >= 11 is 3.52. The molecule has 2 nitrogen and oxygen atoms in total. The van der Waals surface area contributed by atoms with Crippen molar-refractivity contribution in [2.75, 3.05) is 7.11 Å². The van der Waals surface area contributed by atoms with E-state index >= 15 is 0 Å². The minimum atomic E-state index is 0.363. The van der Waals surface area contributed by atoms with Crippen LogP contribution in [0.15, 0.2) is 34.8 Å². The van der Waals surface area contributed by atoms with Crippen molar-refractivity contribution >= 4 is 15.9 Å². The Bertz CT molecular complexity index is 409. The van der Waals surface area contributed by atoms with E-state index in [1.54, 1.807) is 7.11 Å². The highest BCUT2D eigenvalue weighted by Crippen LogP contribution is 2.28. The second kappa shape index (κ2) is 5.69. The first-order valence-corrected chi connectivity index (χ1v) is 6.74. The molecule has 0 radical (unpaired) electrons. The molecule has 1 atom stereocenters. The van der Waals surface area contributed by atoms with E-state index in [1.807, 2.05) is 6.07 Å². The first-order valence-electron chi connectivity index (χ1n) is 5.95. The molecule has 0 bridgehead atoms. The van der Waals surface area contributed by atoms with Gasteiger partial charge in [-0.3, -0.25) is 0 Å². The van der Waals surface area contributed by atoms with E-state index in [2.05, 4.69) is 52.5 Å². The molecule has 0 aromatic heterocycles. The average Bonchev–Trinajstić information content (AvgIpc) is 2.81. The Balaban J connectivity index is 2.03. The monoisotopic (exact) mass is 295 g/mol. The molecule has 3 heteroatoms. The number of benzene rings is 1. The van der Waals surface area contributed by atoms with E-state index in [1.165, 1.54) is 5.56 Å². The fraction of sp³-hybridized carbons (Fsp3) is 0.429. The van der Waals surface area contributed by atoms with Gasteiger partial charge in [0.05, 0.1) is 11.6 Å². The maximum atomic E-state index is 5.24. The zero-order valence-corrected chi connectivity index (χ0v) is 11.8. The lowest BCUT2D eigenvalue weighted by Crippen LogP contribution is -2.29. The van der Waals surface area contributed by atoms with E-state index in [9.17, 15) is 0 Å². The number of halogens is 1. The van der Waals surface area contributed by atoms with Crippen molar-refractivity contribution in [3.8, 4) is 5.75 Å². The molecule has 1 unspecified atom stereocenters. The molecule has 92 valence electrons. The van der Waals surface area contributed by atoms with Crippen molar-refractivity contribution in [1.82, 2.24) is 5.32 Å². The van der Waals surface area contributed by atoms with Gasteiger partial charge in [-0.2, -0.15) is 0 Å². The molecule has 0 aliphatic heterocycles. The van der Waals surface area contributed by atoms with E-state index in [0.717, 1.165) is 23.1 Å². The van der Waals surface area contributed by atoms with Gasteiger partial charge in [-0.05, 0) is 53.4 Å². The van der Waals surface area contributed by atoms with Crippen molar-refractivity contribution in [2.45, 2.75) is 31.8 Å². The number of nitrogens with one attached hydrogen (secondary N) is 1. The summed E-state index contributed by atoms with van der Waals surface area (Å²) in [5.74, 6) is 0.878. The quantitative estimate of drug-likeness (QED) is 0.853. The zero-order chi connectivity index (χ0) is 12.3. The Labute approximate surface area is 111 Å². The molecule has 1 aliphatic carbocycles. The Hall–Kier alpha value is -0.800. The van der Waals surface area contributed by atoms with Crippen LogP contribution in [0.1, 0.15) is 31.4 Å². The van der Waals surface area contributed by atoms with Gasteiger partial charge >= 0.3 is 0 Å². The Morgan fingerprint density at radius 3 is 2.65 bits per heavy atom. The molecular formula is C14H18BrNO. The van der Waals surface area contributed by atoms with Crippen LogP contribution in [0.3, 0.4) is 0 Å². The maximum absolute atomic E-state index is 5.24. The maximum Gasteiger partial charge on any atom is 0.133 e. The fourth-order valence-electron chi connectivity index (χ4n) is 2.16. The van der Waals surface area contributed by atoms with Crippen LogP contribution in [-0.2, 0) is 0 Å². The summed E-state index contributed by atoms with van der Waals surface area (Å²) in [4.78, 5) is 0. The van der Waals surface area contributed by atoms with Gasteiger partial charge in [-0.15, -0.1) is 0 Å². The van der Waals surface area contributed by atoms with E-state index in [4.69, 9.17) is 4.74 Å². The second-order valence-electron chi connectivity index (χ2n) is 4.42. The first-order chi connectivity index (χ1) is 8.20. The van der Waals surface area contributed by atoms with Gasteiger partial charge in [0.25, 0.3) is 0 Å². The molecule has 17 heavy (non-hydrogen) atoms. The van der Waals surface area contributed by atoms with Gasteiger partial charge in [0, 0.05) is 12.1 Å². The van der Waals surface area contributed by atoms with Gasteiger partial charge in [0.2, 0.25) is 0 Å². The number of hydrogen-bond donors (Lipinski definition) is 1. The normalized spacial score (nSPS) is 17.4. The zero-order valence-electron chi connectivity index (χ0n) is 10.2. The largest absolute Gasteiger partial charge is 0.496 e. The lowest BCUT2D eigenvalue weighted by molar-refractivity contribution is 0.411. The summed E-state index contributed by atoms with van der Waals surface area (Å²) in [7, 11) is 1.69. The van der Waals surface area contributed by atoms with Crippen molar-refractivity contribution in [1.29, 1.82) is 0 Å². The molecule has 1 aliphatic rings. The first kappa shape index (κ1) is 12.7. The molecule has 2 rings (SSSR count). The fourth-order valence-corrected chi connectivity index (χ4v) is 2.71. The van der Waals surface area contributed by atoms with Crippen molar-refractivity contribution in [3.63, 3.8) is 0 Å². The third kappa shape index (κ3) is 3.11. The Morgan fingerprint density at radius 2 is 2.06 bits per heavy atom. The van der Waals surface area contributed by atoms with Crippen LogP contribution in [0.5, 0.6) is 5.75 Å². The molecule has 0 saturated heterocycles. The molecule has 0 fully saturated rings. The molecule has 1 aromatic rings. The molecule has 0 heterocycles. The van der Waals surface area contributed by atoms with Crippen LogP contribution in [0, 0.1) is 0 Å². The summed E-state index contributed by atoms with van der Waals surface area (Å²) in [6.45, 7) is 2.20. The molecule has 0 amide bonds. The lowest BCUT2D eigenvalue weighted by Gasteiger charge is -2.20. The third-order valence-corrected chi connectivity index (χ3v) is 3.79. The minimum absolute atomic E-state index is 0.363. The van der Waals surface area contributed by atoms with Crippen molar-refractivity contribution in [3.05, 3.63) is 40.4 Å². The van der Waals surface area contributed by atoms with E-state index in [-0.39, 0.29) is 0 Å². The Morgan fingerprint density at radius 1 is 1.35 bits per heavy atom. The van der Waals surface area contributed by atoms with Gasteiger partial charge in [-0.25, -0.2) is 0 Å². The number of hydrogen-bond acceptors (Lipinski definition) is 2. The molecular weight excluding hydrogens is 278 g/mol. The molecule has 1 N–H and O–H groups in total. The predicted molar refractivity (Wildman–Crippen MR) is 74.4 cm³/mol. The summed E-state index contributed by atoms with van der Waals surface area (Å²) in [6.07, 6.45) is 6.77. The average molecular weight is 296 g/mol. The van der Waals surface area contributed by atoms with Gasteiger partial charge in [0.15, 0.2) is 0 Å². The van der Waals surface area contributed by atoms with Gasteiger partial charge in [0.1, 0.15) is 5.75 Å². The highest BCUT2D eigenvalue weighted by molar-refractivity contribution is 9.10. The standard InChI is InChI=1S/C14H18BrNO/c1-10(16-12-5-3-4-6-12)11-7-8-14(17-2)13(15)9-11/h3-4,7-10,12,16H,5-6H2,1-2H3. The van der Waals surface area contributed by atoms with Crippen LogP contribution in [0.2, 0.25) is 0 Å². The van der Waals surface area contributed by atoms with Gasteiger partial charge in [-0.1, -0.05) is 18.2 Å². The highest BCUT2D eigenvalue weighted by atomic mass is 79.9. The van der Waals surface area contributed by atoms with Crippen LogP contribution in [0.4, 0.5) is 0 Å². The van der Waals surface area contributed by atoms with Gasteiger partial charge < -0.3 is 10.1 Å². The number of methoxy groups -OCH3 is 1. The second-order valence-corrected chi connectivity index (χ2v) is 5.28. The summed E-state index contributed by atoms with van der Waals surface area (Å²) < 4.78 is 6.25. The lowest BCUT2D eigenvalue weighted by atomic mass is 10.1. The summed E-state index contributed by atoms with van der Waals surface area (Å²) in [5, 5.41) is 3.64. The minimum Gasteiger partial charge on any atom is -0.496 e. The van der Waals surface area contributed by atoms with Crippen LogP contribution >= 0.6 is 15.9 Å².